The van der Waals surface area contributed by atoms with E-state index in [9.17, 15) is 0 Å². The second-order valence-electron chi connectivity index (χ2n) is 5.22. The fourth-order valence-electron chi connectivity index (χ4n) is 3.46. The Bertz CT molecular complexity index is 409. The zero-order valence-corrected chi connectivity index (χ0v) is 9.83. The lowest BCUT2D eigenvalue weighted by molar-refractivity contribution is 0.233. The Kier molecular flexibility index (Phi) is 2.21. The first kappa shape index (κ1) is 10.2. The van der Waals surface area contributed by atoms with Gasteiger partial charge in [-0.1, -0.05) is 12.5 Å². The van der Waals surface area contributed by atoms with Crippen molar-refractivity contribution in [1.82, 2.24) is 0 Å². The lowest BCUT2D eigenvalue weighted by Gasteiger charge is -2.39. The molecule has 2 nitrogen and oxygen atoms in total. The fourth-order valence-corrected chi connectivity index (χ4v) is 3.46. The van der Waals surface area contributed by atoms with Crippen molar-refractivity contribution < 1.29 is 4.74 Å². The van der Waals surface area contributed by atoms with E-state index >= 15 is 0 Å². The quantitative estimate of drug-likeness (QED) is 0.826. The molecule has 1 atom stereocenters. The van der Waals surface area contributed by atoms with Crippen LogP contribution in [0.4, 0.5) is 0 Å². The van der Waals surface area contributed by atoms with E-state index in [1.54, 1.807) is 7.11 Å². The summed E-state index contributed by atoms with van der Waals surface area (Å²) in [6, 6.07) is 6.53. The summed E-state index contributed by atoms with van der Waals surface area (Å²) in [5.74, 6) is 1.56. The van der Waals surface area contributed by atoms with Crippen LogP contribution in [-0.4, -0.2) is 13.7 Å². The first-order valence-corrected chi connectivity index (χ1v) is 6.17. The molecular formula is C14H19NO. The van der Waals surface area contributed by atoms with Gasteiger partial charge in [0.1, 0.15) is 5.75 Å². The van der Waals surface area contributed by atoms with E-state index in [1.165, 1.54) is 36.8 Å². The molecule has 0 amide bonds. The highest BCUT2D eigenvalue weighted by molar-refractivity contribution is 5.48. The SMILES string of the molecule is COc1ccc2c(c1)C1(CCC1)CC2CN. The van der Waals surface area contributed by atoms with Crippen molar-refractivity contribution in [2.75, 3.05) is 13.7 Å². The lowest BCUT2D eigenvalue weighted by atomic mass is 9.65. The number of hydrogen-bond donors (Lipinski definition) is 1. The molecule has 1 unspecified atom stereocenters. The zero-order chi connectivity index (χ0) is 11.2. The van der Waals surface area contributed by atoms with E-state index in [0.717, 1.165) is 12.3 Å². The van der Waals surface area contributed by atoms with Gasteiger partial charge in [0, 0.05) is 0 Å². The first-order valence-electron chi connectivity index (χ1n) is 6.17. The van der Waals surface area contributed by atoms with Crippen LogP contribution in [0.25, 0.3) is 0 Å². The van der Waals surface area contributed by atoms with Gasteiger partial charge in [0.2, 0.25) is 0 Å². The van der Waals surface area contributed by atoms with Crippen LogP contribution < -0.4 is 10.5 Å². The molecule has 1 fully saturated rings. The molecule has 0 saturated heterocycles. The van der Waals surface area contributed by atoms with Crippen LogP contribution in [0.1, 0.15) is 42.7 Å². The lowest BCUT2D eigenvalue weighted by Crippen LogP contribution is -2.32. The zero-order valence-electron chi connectivity index (χ0n) is 9.83. The number of hydrogen-bond acceptors (Lipinski definition) is 2. The van der Waals surface area contributed by atoms with E-state index < -0.39 is 0 Å². The third kappa shape index (κ3) is 1.23. The van der Waals surface area contributed by atoms with Gasteiger partial charge in [0.25, 0.3) is 0 Å². The molecule has 86 valence electrons. The predicted octanol–water partition coefficient (Wildman–Crippen LogP) is 2.56. The van der Waals surface area contributed by atoms with Crippen LogP contribution in [0.3, 0.4) is 0 Å². The second kappa shape index (κ2) is 3.49. The van der Waals surface area contributed by atoms with Crippen molar-refractivity contribution >= 4 is 0 Å². The summed E-state index contributed by atoms with van der Waals surface area (Å²) < 4.78 is 5.34. The Morgan fingerprint density at radius 1 is 1.44 bits per heavy atom. The minimum Gasteiger partial charge on any atom is -0.497 e. The van der Waals surface area contributed by atoms with Gasteiger partial charge in [0.15, 0.2) is 0 Å². The van der Waals surface area contributed by atoms with Crippen molar-refractivity contribution in [3.05, 3.63) is 29.3 Å². The Balaban J connectivity index is 2.08. The number of rotatable bonds is 2. The fraction of sp³-hybridized carbons (Fsp3) is 0.571. The summed E-state index contributed by atoms with van der Waals surface area (Å²) in [7, 11) is 1.74. The first-order chi connectivity index (χ1) is 7.79. The van der Waals surface area contributed by atoms with Gasteiger partial charge in [-0.2, -0.15) is 0 Å². The summed E-state index contributed by atoms with van der Waals surface area (Å²) in [6.45, 7) is 0.779. The maximum atomic E-state index is 5.89. The average molecular weight is 217 g/mol. The van der Waals surface area contributed by atoms with Crippen molar-refractivity contribution in [3.8, 4) is 5.75 Å². The maximum absolute atomic E-state index is 5.89. The van der Waals surface area contributed by atoms with Gasteiger partial charge >= 0.3 is 0 Å². The van der Waals surface area contributed by atoms with Crippen LogP contribution in [0, 0.1) is 0 Å². The molecule has 16 heavy (non-hydrogen) atoms. The van der Waals surface area contributed by atoms with E-state index in [1.807, 2.05) is 0 Å². The topological polar surface area (TPSA) is 35.2 Å². The Morgan fingerprint density at radius 3 is 2.81 bits per heavy atom. The van der Waals surface area contributed by atoms with E-state index in [-0.39, 0.29) is 0 Å². The van der Waals surface area contributed by atoms with Crippen LogP contribution in [0.15, 0.2) is 18.2 Å². The molecule has 2 N–H and O–H groups in total. The highest BCUT2D eigenvalue weighted by atomic mass is 16.5. The molecule has 0 bridgehead atoms. The van der Waals surface area contributed by atoms with Crippen molar-refractivity contribution in [3.63, 3.8) is 0 Å². The minimum atomic E-state index is 0.452. The van der Waals surface area contributed by atoms with Crippen LogP contribution in [-0.2, 0) is 5.41 Å². The third-order valence-corrected chi connectivity index (χ3v) is 4.50. The average Bonchev–Trinajstić information content (AvgIpc) is 2.62. The minimum absolute atomic E-state index is 0.452. The molecule has 0 aliphatic heterocycles. The molecule has 0 aromatic heterocycles. The van der Waals surface area contributed by atoms with Crippen LogP contribution >= 0.6 is 0 Å². The van der Waals surface area contributed by atoms with E-state index in [0.29, 0.717) is 11.3 Å². The molecule has 3 rings (SSSR count). The smallest absolute Gasteiger partial charge is 0.119 e. The summed E-state index contributed by atoms with van der Waals surface area (Å²) in [5.41, 5.74) is 9.34. The molecule has 2 heteroatoms. The summed E-state index contributed by atoms with van der Waals surface area (Å²) >= 11 is 0. The largest absolute Gasteiger partial charge is 0.497 e. The molecule has 2 aliphatic carbocycles. The van der Waals surface area contributed by atoms with E-state index in [2.05, 4.69) is 18.2 Å². The number of ether oxygens (including phenoxy) is 1. The van der Waals surface area contributed by atoms with Crippen LogP contribution in [0.5, 0.6) is 5.75 Å². The summed E-state index contributed by atoms with van der Waals surface area (Å²) in [6.07, 6.45) is 5.30. The number of fused-ring (bicyclic) bond motifs is 2. The molecule has 2 aliphatic rings. The molecular weight excluding hydrogens is 198 g/mol. The van der Waals surface area contributed by atoms with E-state index in [4.69, 9.17) is 10.5 Å². The van der Waals surface area contributed by atoms with Gasteiger partial charge in [-0.15, -0.1) is 0 Å². The number of methoxy groups -OCH3 is 1. The van der Waals surface area contributed by atoms with Gasteiger partial charge in [-0.05, 0) is 60.4 Å². The van der Waals surface area contributed by atoms with Crippen LogP contribution in [0.2, 0.25) is 0 Å². The maximum Gasteiger partial charge on any atom is 0.119 e. The van der Waals surface area contributed by atoms with Crippen molar-refractivity contribution in [2.24, 2.45) is 5.73 Å². The Labute approximate surface area is 96.8 Å². The highest BCUT2D eigenvalue weighted by Gasteiger charge is 2.47. The van der Waals surface area contributed by atoms with Gasteiger partial charge in [-0.3, -0.25) is 0 Å². The third-order valence-electron chi connectivity index (χ3n) is 4.50. The summed E-state index contributed by atoms with van der Waals surface area (Å²) in [5, 5.41) is 0. The van der Waals surface area contributed by atoms with Crippen molar-refractivity contribution in [1.29, 1.82) is 0 Å². The highest BCUT2D eigenvalue weighted by Crippen LogP contribution is 2.57. The molecule has 0 radical (unpaired) electrons. The normalized spacial score (nSPS) is 25.2. The Hall–Kier alpha value is -1.02. The van der Waals surface area contributed by atoms with Gasteiger partial charge < -0.3 is 10.5 Å². The molecule has 1 saturated carbocycles. The Morgan fingerprint density at radius 2 is 2.25 bits per heavy atom. The van der Waals surface area contributed by atoms with Gasteiger partial charge in [0.05, 0.1) is 7.11 Å². The second-order valence-corrected chi connectivity index (χ2v) is 5.22. The standard InChI is InChI=1S/C14H19NO/c1-16-11-3-4-12-10(9-15)8-14(5-2-6-14)13(12)7-11/h3-4,7,10H,2,5-6,8-9,15H2,1H3. The van der Waals surface area contributed by atoms with Crippen molar-refractivity contribution in [2.45, 2.75) is 37.0 Å². The number of benzene rings is 1. The molecule has 1 aromatic rings. The molecule has 0 heterocycles. The number of nitrogens with two attached hydrogens (primary N) is 1. The summed E-state index contributed by atoms with van der Waals surface area (Å²) in [4.78, 5) is 0. The monoisotopic (exact) mass is 217 g/mol. The van der Waals surface area contributed by atoms with Gasteiger partial charge in [-0.25, -0.2) is 0 Å². The predicted molar refractivity (Wildman–Crippen MR) is 64.9 cm³/mol. The molecule has 1 aromatic carbocycles. The molecule has 1 spiro atoms.